The molecule has 0 amide bonds. The van der Waals surface area contributed by atoms with Crippen LogP contribution in [0.1, 0.15) is 45.1 Å². The number of nitriles is 1. The highest BCUT2D eigenvalue weighted by Crippen LogP contribution is 2.47. The smallest absolute Gasteiger partial charge is 0.258 e. The Kier molecular flexibility index (Phi) is 4.38. The van der Waals surface area contributed by atoms with Crippen LogP contribution in [0.15, 0.2) is 22.7 Å². The van der Waals surface area contributed by atoms with Crippen molar-refractivity contribution in [3.63, 3.8) is 0 Å². The Morgan fingerprint density at radius 1 is 1.33 bits per heavy atom. The number of nitro benzene ring substituents is 1. The zero-order chi connectivity index (χ0) is 15.7. The minimum atomic E-state index is -0.464. The maximum Gasteiger partial charge on any atom is 0.273 e. The van der Waals surface area contributed by atoms with E-state index in [9.17, 15) is 15.4 Å². The molecular formula is C16H19BrN2O2. The number of nitro groups is 1. The molecule has 5 heteroatoms. The summed E-state index contributed by atoms with van der Waals surface area (Å²) in [5.74, 6) is 0. The second kappa shape index (κ2) is 5.76. The van der Waals surface area contributed by atoms with Crippen LogP contribution >= 0.6 is 15.9 Å². The Morgan fingerprint density at radius 3 is 2.48 bits per heavy atom. The van der Waals surface area contributed by atoms with Crippen LogP contribution in [0.4, 0.5) is 5.69 Å². The highest BCUT2D eigenvalue weighted by Gasteiger charge is 2.39. The molecule has 0 spiro atoms. The summed E-state index contributed by atoms with van der Waals surface area (Å²) in [7, 11) is 0. The van der Waals surface area contributed by atoms with Gasteiger partial charge in [-0.05, 0) is 43.6 Å². The van der Waals surface area contributed by atoms with Gasteiger partial charge in [0.05, 0.1) is 16.4 Å². The first kappa shape index (κ1) is 16.0. The van der Waals surface area contributed by atoms with Crippen molar-refractivity contribution in [1.82, 2.24) is 0 Å². The van der Waals surface area contributed by atoms with Crippen molar-refractivity contribution in [3.05, 3.63) is 38.3 Å². The molecule has 0 aromatic heterocycles. The average molecular weight is 351 g/mol. The lowest BCUT2D eigenvalue weighted by molar-refractivity contribution is -0.385. The summed E-state index contributed by atoms with van der Waals surface area (Å²) in [6, 6.07) is 7.54. The van der Waals surface area contributed by atoms with Crippen LogP contribution in [0.3, 0.4) is 0 Å². The van der Waals surface area contributed by atoms with E-state index in [1.54, 1.807) is 12.1 Å². The molecule has 1 aromatic carbocycles. The Morgan fingerprint density at radius 2 is 1.95 bits per heavy atom. The molecule has 1 aliphatic rings. The van der Waals surface area contributed by atoms with Gasteiger partial charge >= 0.3 is 0 Å². The van der Waals surface area contributed by atoms with E-state index in [1.807, 2.05) is 0 Å². The van der Waals surface area contributed by atoms with Gasteiger partial charge in [-0.1, -0.05) is 35.8 Å². The number of hydrogen-bond donors (Lipinski definition) is 0. The predicted octanol–water partition coefficient (Wildman–Crippen LogP) is 5.01. The molecule has 21 heavy (non-hydrogen) atoms. The van der Waals surface area contributed by atoms with Crippen molar-refractivity contribution in [3.8, 4) is 6.07 Å². The second-order valence-corrected chi connectivity index (χ2v) is 7.68. The summed E-state index contributed by atoms with van der Waals surface area (Å²) in [5, 5.41) is 20.8. The van der Waals surface area contributed by atoms with E-state index >= 15 is 0 Å². The van der Waals surface area contributed by atoms with Gasteiger partial charge in [-0.3, -0.25) is 10.1 Å². The van der Waals surface area contributed by atoms with Crippen molar-refractivity contribution in [1.29, 1.82) is 5.26 Å². The summed E-state index contributed by atoms with van der Waals surface area (Å²) in [6.07, 6.45) is 4.06. The molecule has 1 saturated carbocycles. The SMILES string of the molecule is CC1(C)CCC(C#N)(Cc2ccc(Br)cc2[N+](=O)[O-])CC1. The van der Waals surface area contributed by atoms with Gasteiger partial charge < -0.3 is 0 Å². The molecule has 0 atom stereocenters. The molecule has 0 heterocycles. The van der Waals surface area contributed by atoms with Gasteiger partial charge in [0.1, 0.15) is 0 Å². The predicted molar refractivity (Wildman–Crippen MR) is 84.8 cm³/mol. The molecule has 112 valence electrons. The van der Waals surface area contributed by atoms with E-state index in [1.165, 1.54) is 6.07 Å². The quantitative estimate of drug-likeness (QED) is 0.568. The van der Waals surface area contributed by atoms with E-state index in [-0.39, 0.29) is 16.0 Å². The molecule has 1 fully saturated rings. The molecule has 2 rings (SSSR count). The van der Waals surface area contributed by atoms with Crippen LogP contribution < -0.4 is 0 Å². The van der Waals surface area contributed by atoms with E-state index in [0.29, 0.717) is 16.5 Å². The van der Waals surface area contributed by atoms with Crippen molar-refractivity contribution in [2.45, 2.75) is 46.0 Å². The monoisotopic (exact) mass is 350 g/mol. The Balaban J connectivity index is 2.28. The van der Waals surface area contributed by atoms with Crippen molar-refractivity contribution in [2.75, 3.05) is 0 Å². The molecule has 4 nitrogen and oxygen atoms in total. The van der Waals surface area contributed by atoms with Crippen LogP contribution in [-0.2, 0) is 6.42 Å². The highest BCUT2D eigenvalue weighted by molar-refractivity contribution is 9.10. The Hall–Kier alpha value is -1.41. The number of halogens is 1. The second-order valence-electron chi connectivity index (χ2n) is 6.76. The number of hydrogen-bond acceptors (Lipinski definition) is 3. The molecule has 0 N–H and O–H groups in total. The first-order chi connectivity index (χ1) is 9.77. The van der Waals surface area contributed by atoms with Crippen molar-refractivity contribution >= 4 is 21.6 Å². The molecule has 1 aromatic rings. The minimum absolute atomic E-state index is 0.101. The summed E-state index contributed by atoms with van der Waals surface area (Å²) < 4.78 is 0.689. The topological polar surface area (TPSA) is 66.9 Å². The first-order valence-electron chi connectivity index (χ1n) is 7.11. The molecule has 0 saturated heterocycles. The van der Waals surface area contributed by atoms with Gasteiger partial charge in [0.2, 0.25) is 0 Å². The maximum atomic E-state index is 11.2. The lowest BCUT2D eigenvalue weighted by Crippen LogP contribution is -2.32. The van der Waals surface area contributed by atoms with Crippen LogP contribution in [0.5, 0.6) is 0 Å². The van der Waals surface area contributed by atoms with E-state index in [4.69, 9.17) is 0 Å². The van der Waals surface area contributed by atoms with E-state index in [2.05, 4.69) is 35.8 Å². The summed E-state index contributed by atoms with van der Waals surface area (Å²) in [6.45, 7) is 4.44. The molecule has 1 aliphatic carbocycles. The van der Waals surface area contributed by atoms with Crippen LogP contribution in [0.25, 0.3) is 0 Å². The third kappa shape index (κ3) is 3.62. The lowest BCUT2D eigenvalue weighted by Gasteiger charge is -2.39. The van der Waals surface area contributed by atoms with Gasteiger partial charge in [-0.2, -0.15) is 5.26 Å². The third-order valence-electron chi connectivity index (χ3n) is 4.57. The normalized spacial score (nSPS) is 19.7. The van der Waals surface area contributed by atoms with Gasteiger partial charge in [0.25, 0.3) is 5.69 Å². The van der Waals surface area contributed by atoms with Crippen molar-refractivity contribution in [2.24, 2.45) is 10.8 Å². The van der Waals surface area contributed by atoms with Crippen LogP contribution in [-0.4, -0.2) is 4.92 Å². The molecule has 0 radical (unpaired) electrons. The fourth-order valence-corrected chi connectivity index (χ4v) is 3.30. The van der Waals surface area contributed by atoms with Gasteiger partial charge in [-0.15, -0.1) is 0 Å². The zero-order valence-corrected chi connectivity index (χ0v) is 13.9. The fourth-order valence-electron chi connectivity index (χ4n) is 2.95. The molecule has 0 bridgehead atoms. The van der Waals surface area contributed by atoms with Gasteiger partial charge in [-0.25, -0.2) is 0 Å². The molecule has 0 unspecified atom stereocenters. The summed E-state index contributed by atoms with van der Waals surface area (Å²) in [4.78, 5) is 10.9. The third-order valence-corrected chi connectivity index (χ3v) is 5.06. The standard InChI is InChI=1S/C16H19BrN2O2/c1-15(2)5-7-16(11-18,8-6-15)10-12-3-4-13(17)9-14(12)19(20)21/h3-4,9H,5-8,10H2,1-2H3. The van der Waals surface area contributed by atoms with E-state index < -0.39 is 5.41 Å². The van der Waals surface area contributed by atoms with Gasteiger partial charge in [0.15, 0.2) is 0 Å². The minimum Gasteiger partial charge on any atom is -0.258 e. The largest absolute Gasteiger partial charge is 0.273 e. The van der Waals surface area contributed by atoms with Crippen LogP contribution in [0, 0.1) is 32.3 Å². The lowest BCUT2D eigenvalue weighted by atomic mass is 9.63. The summed E-state index contributed by atoms with van der Waals surface area (Å²) in [5.41, 5.74) is 0.563. The maximum absolute atomic E-state index is 11.2. The fraction of sp³-hybridized carbons (Fsp3) is 0.562. The van der Waals surface area contributed by atoms with Gasteiger partial charge in [0, 0.05) is 16.1 Å². The first-order valence-corrected chi connectivity index (χ1v) is 7.90. The average Bonchev–Trinajstić information content (AvgIpc) is 2.43. The highest BCUT2D eigenvalue weighted by atomic mass is 79.9. The number of benzene rings is 1. The van der Waals surface area contributed by atoms with E-state index in [0.717, 1.165) is 25.7 Å². The Bertz CT molecular complexity index is 595. The number of nitrogens with zero attached hydrogens (tertiary/aromatic N) is 2. The molecule has 0 aliphatic heterocycles. The Labute approximate surface area is 133 Å². The van der Waals surface area contributed by atoms with Crippen molar-refractivity contribution < 1.29 is 4.92 Å². The zero-order valence-electron chi connectivity index (χ0n) is 12.4. The number of rotatable bonds is 3. The van der Waals surface area contributed by atoms with Crippen LogP contribution in [0.2, 0.25) is 0 Å². The summed E-state index contributed by atoms with van der Waals surface area (Å²) >= 11 is 3.27. The molecular weight excluding hydrogens is 332 g/mol.